The highest BCUT2D eigenvalue weighted by Crippen LogP contribution is 2.29. The third-order valence-electron chi connectivity index (χ3n) is 5.50. The number of H-pyrrole nitrogens is 1. The zero-order valence-electron chi connectivity index (χ0n) is 17.9. The topological polar surface area (TPSA) is 114 Å². The summed E-state index contributed by atoms with van der Waals surface area (Å²) in [5.41, 5.74) is 4.91. The van der Waals surface area contributed by atoms with Gasteiger partial charge in [0.2, 0.25) is 5.91 Å². The predicted molar refractivity (Wildman–Crippen MR) is 129 cm³/mol. The molecule has 0 aliphatic rings. The number of hydrogen-bond donors (Lipinski definition) is 3. The van der Waals surface area contributed by atoms with Gasteiger partial charge in [-0.25, -0.2) is 4.68 Å². The van der Waals surface area contributed by atoms with E-state index in [0.29, 0.717) is 11.4 Å². The van der Waals surface area contributed by atoms with Gasteiger partial charge in [0.25, 0.3) is 0 Å². The van der Waals surface area contributed by atoms with Crippen LogP contribution in [0.25, 0.3) is 27.5 Å². The van der Waals surface area contributed by atoms with Crippen LogP contribution >= 0.6 is 0 Å². The van der Waals surface area contributed by atoms with Gasteiger partial charge in [0.1, 0.15) is 6.26 Å². The number of para-hydroxylation sites is 1. The van der Waals surface area contributed by atoms with Gasteiger partial charge in [0, 0.05) is 28.2 Å². The molecule has 0 saturated heterocycles. The van der Waals surface area contributed by atoms with Crippen LogP contribution in [-0.2, 0) is 11.2 Å². The van der Waals surface area contributed by atoms with E-state index < -0.39 is 0 Å². The monoisotopic (exact) mass is 449 g/mol. The Bertz CT molecular complexity index is 1620. The van der Waals surface area contributed by atoms with Crippen LogP contribution in [-0.4, -0.2) is 31.0 Å². The van der Waals surface area contributed by atoms with Crippen LogP contribution in [0.5, 0.6) is 0 Å². The molecule has 0 bridgehead atoms. The van der Waals surface area contributed by atoms with Crippen LogP contribution in [0.3, 0.4) is 0 Å². The molecule has 0 spiro atoms. The molecular weight excluding hydrogens is 430 g/mol. The van der Waals surface area contributed by atoms with Crippen molar-refractivity contribution in [2.24, 2.45) is 0 Å². The highest BCUT2D eigenvalue weighted by atomic mass is 16.5. The molecule has 6 rings (SSSR count). The van der Waals surface area contributed by atoms with Gasteiger partial charge in [0.05, 0.1) is 35.0 Å². The standard InChI is InChI=1S/C25H19N7O2/c33-24(14-19-10-11-34-31-19)27-17-4-3-5-20(13-17)32-23-7-2-1-6-21(23)25(30-32)28-18-8-9-22-16(12-18)15-26-29-22/h1-13,15H,14H2,(H,26,29)(H,27,33)(H,28,30). The SMILES string of the molecule is O=C(Cc1ccon1)Nc1cccc(-n2nc(Nc3ccc4[nH]ncc4c3)c3ccccc32)c1. The van der Waals surface area contributed by atoms with Crippen molar-refractivity contribution in [3.8, 4) is 5.69 Å². The molecule has 0 aliphatic carbocycles. The second-order valence-corrected chi connectivity index (χ2v) is 7.84. The number of nitrogens with one attached hydrogen (secondary N) is 3. The molecule has 0 radical (unpaired) electrons. The summed E-state index contributed by atoms with van der Waals surface area (Å²) in [5, 5.41) is 24.0. The Balaban J connectivity index is 1.32. The van der Waals surface area contributed by atoms with E-state index in [0.717, 1.165) is 39.0 Å². The first kappa shape index (κ1) is 19.7. The number of carbonyl (C=O) groups is 1. The van der Waals surface area contributed by atoms with Gasteiger partial charge in [0.15, 0.2) is 5.82 Å². The van der Waals surface area contributed by atoms with Crippen molar-refractivity contribution < 1.29 is 9.32 Å². The first-order valence-electron chi connectivity index (χ1n) is 10.7. The van der Waals surface area contributed by atoms with Gasteiger partial charge in [-0.3, -0.25) is 9.89 Å². The van der Waals surface area contributed by atoms with Gasteiger partial charge in [-0.1, -0.05) is 23.4 Å². The third-order valence-corrected chi connectivity index (χ3v) is 5.50. The summed E-state index contributed by atoms with van der Waals surface area (Å²) in [6, 6.07) is 23.2. The quantitative estimate of drug-likeness (QED) is 0.336. The Hall–Kier alpha value is -4.92. The van der Waals surface area contributed by atoms with Crippen molar-refractivity contribution in [3.05, 3.63) is 91.0 Å². The van der Waals surface area contributed by atoms with Crippen molar-refractivity contribution in [2.45, 2.75) is 6.42 Å². The van der Waals surface area contributed by atoms with Crippen LogP contribution in [0, 0.1) is 0 Å². The number of carbonyl (C=O) groups excluding carboxylic acids is 1. The Morgan fingerprint density at radius 3 is 2.85 bits per heavy atom. The fourth-order valence-electron chi connectivity index (χ4n) is 3.93. The van der Waals surface area contributed by atoms with Gasteiger partial charge < -0.3 is 15.2 Å². The highest BCUT2D eigenvalue weighted by molar-refractivity contribution is 5.95. The zero-order valence-corrected chi connectivity index (χ0v) is 17.9. The second-order valence-electron chi connectivity index (χ2n) is 7.84. The number of aromatic amines is 1. The summed E-state index contributed by atoms with van der Waals surface area (Å²) in [4.78, 5) is 12.4. The van der Waals surface area contributed by atoms with Gasteiger partial charge in [-0.05, 0) is 48.5 Å². The Kier molecular flexibility index (Phi) is 4.77. The molecule has 0 fully saturated rings. The Labute approximate surface area is 193 Å². The van der Waals surface area contributed by atoms with E-state index in [4.69, 9.17) is 9.62 Å². The van der Waals surface area contributed by atoms with Crippen molar-refractivity contribution >= 4 is 44.9 Å². The summed E-state index contributed by atoms with van der Waals surface area (Å²) in [5.74, 6) is 0.562. The molecule has 3 aromatic heterocycles. The molecule has 166 valence electrons. The fourth-order valence-corrected chi connectivity index (χ4v) is 3.93. The number of hydrogen-bond acceptors (Lipinski definition) is 6. The lowest BCUT2D eigenvalue weighted by molar-refractivity contribution is -0.115. The molecule has 9 heteroatoms. The smallest absolute Gasteiger partial charge is 0.230 e. The molecule has 0 unspecified atom stereocenters. The lowest BCUT2D eigenvalue weighted by Crippen LogP contribution is -2.14. The zero-order chi connectivity index (χ0) is 22.9. The summed E-state index contributed by atoms with van der Waals surface area (Å²) >= 11 is 0. The first-order chi connectivity index (χ1) is 16.7. The Morgan fingerprint density at radius 2 is 1.94 bits per heavy atom. The summed E-state index contributed by atoms with van der Waals surface area (Å²) < 4.78 is 6.66. The average molecular weight is 449 g/mol. The fraction of sp³-hybridized carbons (Fsp3) is 0.0400. The Morgan fingerprint density at radius 1 is 1.00 bits per heavy atom. The molecule has 0 saturated carbocycles. The van der Waals surface area contributed by atoms with Crippen molar-refractivity contribution in [1.82, 2.24) is 25.1 Å². The highest BCUT2D eigenvalue weighted by Gasteiger charge is 2.13. The van der Waals surface area contributed by atoms with Crippen molar-refractivity contribution in [3.63, 3.8) is 0 Å². The van der Waals surface area contributed by atoms with Crippen LogP contribution in [0.15, 0.2) is 89.8 Å². The average Bonchev–Trinajstić information content (AvgIpc) is 3.60. The van der Waals surface area contributed by atoms with E-state index in [1.165, 1.54) is 6.26 Å². The number of rotatable bonds is 6. The lowest BCUT2D eigenvalue weighted by Gasteiger charge is -2.08. The minimum Gasteiger partial charge on any atom is -0.364 e. The maximum absolute atomic E-state index is 12.4. The predicted octanol–water partition coefficient (Wildman–Crippen LogP) is 4.81. The molecule has 3 heterocycles. The number of amides is 1. The molecule has 3 aromatic carbocycles. The number of benzene rings is 3. The van der Waals surface area contributed by atoms with E-state index in [1.54, 1.807) is 12.3 Å². The third kappa shape index (κ3) is 3.75. The number of aromatic nitrogens is 5. The lowest BCUT2D eigenvalue weighted by atomic mass is 10.2. The largest absolute Gasteiger partial charge is 0.364 e. The minimum absolute atomic E-state index is 0.139. The molecule has 1 amide bonds. The first-order valence-corrected chi connectivity index (χ1v) is 10.7. The molecule has 0 aliphatic heterocycles. The van der Waals surface area contributed by atoms with Crippen LogP contribution in [0.2, 0.25) is 0 Å². The number of fused-ring (bicyclic) bond motifs is 2. The summed E-state index contributed by atoms with van der Waals surface area (Å²) in [6.07, 6.45) is 3.38. The molecule has 0 atom stereocenters. The summed E-state index contributed by atoms with van der Waals surface area (Å²) in [6.45, 7) is 0. The van der Waals surface area contributed by atoms with Crippen molar-refractivity contribution in [1.29, 1.82) is 0 Å². The minimum atomic E-state index is -0.173. The van der Waals surface area contributed by atoms with E-state index in [2.05, 4.69) is 26.0 Å². The molecule has 9 nitrogen and oxygen atoms in total. The molecule has 6 aromatic rings. The molecule has 34 heavy (non-hydrogen) atoms. The van der Waals surface area contributed by atoms with E-state index in [1.807, 2.05) is 71.4 Å². The van der Waals surface area contributed by atoms with Gasteiger partial charge in [-0.2, -0.15) is 5.10 Å². The maximum atomic E-state index is 12.4. The summed E-state index contributed by atoms with van der Waals surface area (Å²) in [7, 11) is 0. The van der Waals surface area contributed by atoms with Gasteiger partial charge in [-0.15, -0.1) is 5.10 Å². The van der Waals surface area contributed by atoms with Crippen molar-refractivity contribution in [2.75, 3.05) is 10.6 Å². The second kappa shape index (κ2) is 8.21. The molecular formula is C25H19N7O2. The normalized spacial score (nSPS) is 11.2. The van der Waals surface area contributed by atoms with E-state index in [9.17, 15) is 4.79 Å². The number of nitrogens with zero attached hydrogens (tertiary/aromatic N) is 4. The maximum Gasteiger partial charge on any atom is 0.230 e. The van der Waals surface area contributed by atoms with Crippen LogP contribution < -0.4 is 10.6 Å². The van der Waals surface area contributed by atoms with Gasteiger partial charge >= 0.3 is 0 Å². The van der Waals surface area contributed by atoms with Crippen LogP contribution in [0.1, 0.15) is 5.69 Å². The van der Waals surface area contributed by atoms with E-state index >= 15 is 0 Å². The number of anilines is 3. The molecule has 3 N–H and O–H groups in total. The van der Waals surface area contributed by atoms with E-state index in [-0.39, 0.29) is 12.3 Å². The van der Waals surface area contributed by atoms with Crippen LogP contribution in [0.4, 0.5) is 17.2 Å².